The van der Waals surface area contributed by atoms with Gasteiger partial charge in [0.15, 0.2) is 29.3 Å². The van der Waals surface area contributed by atoms with Crippen molar-refractivity contribution in [2.45, 2.75) is 42.7 Å². The molecule has 0 bridgehead atoms. The zero-order valence-electron chi connectivity index (χ0n) is 20.4. The summed E-state index contributed by atoms with van der Waals surface area (Å²) in [6.07, 6.45) is -3.86. The molecule has 1 saturated heterocycles. The molecule has 202 valence electrons. The molecule has 0 aliphatic carbocycles. The molecule has 6 N–H and O–H groups in total. The van der Waals surface area contributed by atoms with E-state index in [0.717, 1.165) is 16.7 Å². The number of aliphatic hydroxyl groups excluding tert-OH is 5. The summed E-state index contributed by atoms with van der Waals surface area (Å²) in [6, 6.07) is 8.51. The number of benzene rings is 2. The smallest absolute Gasteiger partial charge is 0.187 e. The molecule has 0 amide bonds. The second-order valence-corrected chi connectivity index (χ2v) is 8.83. The highest BCUT2D eigenvalue weighted by atomic mass is 16.7. The van der Waals surface area contributed by atoms with Crippen molar-refractivity contribution in [3.63, 3.8) is 0 Å². The van der Waals surface area contributed by atoms with Crippen LogP contribution in [0.25, 0.3) is 6.08 Å². The van der Waals surface area contributed by atoms with Gasteiger partial charge in [0.1, 0.15) is 30.5 Å². The van der Waals surface area contributed by atoms with Crippen molar-refractivity contribution in [2.24, 2.45) is 0 Å². The fraction of sp³-hybridized carbons (Fsp3) is 0.462. The van der Waals surface area contributed by atoms with Crippen LogP contribution in [-0.4, -0.2) is 95.4 Å². The summed E-state index contributed by atoms with van der Waals surface area (Å²) in [5.74, 6) is 0.867. The fourth-order valence-electron chi connectivity index (χ4n) is 4.57. The Balaban J connectivity index is 1.50. The maximum atomic E-state index is 10.2. The van der Waals surface area contributed by atoms with E-state index in [9.17, 15) is 30.6 Å². The number of phenolic OH excluding ortho intramolecular Hbond substituents is 1. The third kappa shape index (κ3) is 5.39. The van der Waals surface area contributed by atoms with Crippen molar-refractivity contribution in [1.82, 2.24) is 0 Å². The maximum Gasteiger partial charge on any atom is 0.187 e. The summed E-state index contributed by atoms with van der Waals surface area (Å²) in [5, 5.41) is 59.3. The van der Waals surface area contributed by atoms with Crippen LogP contribution in [0.15, 0.2) is 36.4 Å². The SMILES string of the molecule is COc1cc([C@@H]2Oc3c(OC)cc(C=CCO[C@@H]4O[C@H](CO)[C@@H](O)[C@H](O)[C@H]4O)cc3[C@H]2CO)ccc1O. The molecule has 0 unspecified atom stereocenters. The Labute approximate surface area is 213 Å². The number of fused-ring (bicyclic) bond motifs is 1. The molecule has 2 aliphatic heterocycles. The minimum Gasteiger partial charge on any atom is -0.504 e. The van der Waals surface area contributed by atoms with Gasteiger partial charge in [-0.25, -0.2) is 0 Å². The topological polar surface area (TPSA) is 168 Å². The third-order valence-corrected chi connectivity index (χ3v) is 6.58. The second-order valence-electron chi connectivity index (χ2n) is 8.83. The van der Waals surface area contributed by atoms with E-state index in [2.05, 4.69) is 0 Å². The van der Waals surface area contributed by atoms with Crippen LogP contribution in [0.3, 0.4) is 0 Å². The van der Waals surface area contributed by atoms with Crippen LogP contribution >= 0.6 is 0 Å². The molecule has 1 fully saturated rings. The van der Waals surface area contributed by atoms with Gasteiger partial charge >= 0.3 is 0 Å². The van der Waals surface area contributed by atoms with Gasteiger partial charge in [0.05, 0.1) is 40.0 Å². The van der Waals surface area contributed by atoms with Gasteiger partial charge < -0.3 is 54.3 Å². The Morgan fingerprint density at radius 3 is 2.35 bits per heavy atom. The zero-order valence-corrected chi connectivity index (χ0v) is 20.4. The number of methoxy groups -OCH3 is 2. The molecule has 2 aliphatic rings. The molecule has 11 nitrogen and oxygen atoms in total. The summed E-state index contributed by atoms with van der Waals surface area (Å²) >= 11 is 0. The van der Waals surface area contributed by atoms with Crippen molar-refractivity contribution < 1.29 is 54.3 Å². The van der Waals surface area contributed by atoms with E-state index < -0.39 is 49.3 Å². The lowest BCUT2D eigenvalue weighted by atomic mass is 9.90. The lowest BCUT2D eigenvalue weighted by Crippen LogP contribution is -2.59. The summed E-state index contributed by atoms with van der Waals surface area (Å²) in [6.45, 7) is -0.739. The monoisotopic (exact) mass is 520 g/mol. The molecular weight excluding hydrogens is 488 g/mol. The van der Waals surface area contributed by atoms with Gasteiger partial charge in [-0.05, 0) is 35.4 Å². The van der Waals surface area contributed by atoms with Gasteiger partial charge in [-0.3, -0.25) is 0 Å². The lowest BCUT2D eigenvalue weighted by Gasteiger charge is -2.39. The Morgan fingerprint density at radius 1 is 0.919 bits per heavy atom. The van der Waals surface area contributed by atoms with Gasteiger partial charge in [-0.15, -0.1) is 0 Å². The third-order valence-electron chi connectivity index (χ3n) is 6.58. The molecule has 2 aromatic carbocycles. The predicted molar refractivity (Wildman–Crippen MR) is 130 cm³/mol. The first kappa shape index (κ1) is 27.1. The zero-order chi connectivity index (χ0) is 26.7. The van der Waals surface area contributed by atoms with Gasteiger partial charge in [-0.2, -0.15) is 0 Å². The van der Waals surface area contributed by atoms with E-state index in [-0.39, 0.29) is 19.0 Å². The van der Waals surface area contributed by atoms with E-state index in [1.54, 1.807) is 30.4 Å². The highest BCUT2D eigenvalue weighted by Gasteiger charge is 2.44. The average molecular weight is 521 g/mol. The van der Waals surface area contributed by atoms with E-state index in [1.807, 2.05) is 6.07 Å². The standard InChI is InChI=1S/C26H32O11/c1-33-18-10-14(5-6-17(18)29)24-16(11-27)15-8-13(9-19(34-2)25(15)37-24)4-3-7-35-26-23(32)22(31)21(30)20(12-28)36-26/h3-6,8-10,16,20-24,26-32H,7,11-12H2,1-2H3/t16-,20-,21-,22+,23-,24+,26-/m1/s1. The van der Waals surface area contributed by atoms with Gasteiger partial charge in [0.2, 0.25) is 0 Å². The van der Waals surface area contributed by atoms with Crippen LogP contribution < -0.4 is 14.2 Å². The second kappa shape index (κ2) is 11.7. The lowest BCUT2D eigenvalue weighted by molar-refractivity contribution is -0.298. The van der Waals surface area contributed by atoms with Crippen LogP contribution in [0.2, 0.25) is 0 Å². The highest BCUT2D eigenvalue weighted by molar-refractivity contribution is 5.62. The van der Waals surface area contributed by atoms with E-state index in [4.69, 9.17) is 23.7 Å². The minimum absolute atomic E-state index is 0.00162. The van der Waals surface area contributed by atoms with Crippen molar-refractivity contribution in [1.29, 1.82) is 0 Å². The largest absolute Gasteiger partial charge is 0.504 e. The number of rotatable bonds is 9. The number of aliphatic hydroxyl groups is 5. The van der Waals surface area contributed by atoms with Crippen LogP contribution in [0.5, 0.6) is 23.0 Å². The summed E-state index contributed by atoms with van der Waals surface area (Å²) in [4.78, 5) is 0. The van der Waals surface area contributed by atoms with Crippen LogP contribution in [-0.2, 0) is 9.47 Å². The summed E-state index contributed by atoms with van der Waals surface area (Å²) in [7, 11) is 2.97. The molecule has 11 heteroatoms. The molecular formula is C26H32O11. The van der Waals surface area contributed by atoms with Gasteiger partial charge in [0.25, 0.3) is 0 Å². The fourth-order valence-corrected chi connectivity index (χ4v) is 4.57. The molecule has 7 atom stereocenters. The quantitative estimate of drug-likeness (QED) is 0.272. The van der Waals surface area contributed by atoms with Crippen molar-refractivity contribution >= 4 is 6.08 Å². The van der Waals surface area contributed by atoms with Crippen molar-refractivity contribution in [3.8, 4) is 23.0 Å². The van der Waals surface area contributed by atoms with E-state index in [0.29, 0.717) is 17.2 Å². The molecule has 2 heterocycles. The Hall–Kier alpha value is -2.90. The van der Waals surface area contributed by atoms with E-state index >= 15 is 0 Å². The van der Waals surface area contributed by atoms with E-state index in [1.165, 1.54) is 20.3 Å². The Bertz CT molecular complexity index is 1100. The molecule has 0 saturated carbocycles. The maximum absolute atomic E-state index is 10.2. The molecule has 37 heavy (non-hydrogen) atoms. The average Bonchev–Trinajstić information content (AvgIpc) is 3.29. The number of aromatic hydroxyl groups is 1. The first-order valence-electron chi connectivity index (χ1n) is 11.8. The molecule has 4 rings (SSSR count). The predicted octanol–water partition coefficient (Wildman–Crippen LogP) is 0.449. The number of hydrogen-bond donors (Lipinski definition) is 6. The summed E-state index contributed by atoms with van der Waals surface area (Å²) < 4.78 is 27.8. The van der Waals surface area contributed by atoms with Crippen molar-refractivity contribution in [2.75, 3.05) is 34.0 Å². The van der Waals surface area contributed by atoms with Crippen molar-refractivity contribution in [3.05, 3.63) is 53.1 Å². The highest BCUT2D eigenvalue weighted by Crippen LogP contribution is 2.51. The number of hydrogen-bond acceptors (Lipinski definition) is 11. The van der Waals surface area contributed by atoms with Crippen LogP contribution in [0.1, 0.15) is 28.7 Å². The first-order chi connectivity index (χ1) is 17.8. The van der Waals surface area contributed by atoms with Gasteiger partial charge in [-0.1, -0.05) is 18.2 Å². The summed E-state index contributed by atoms with van der Waals surface area (Å²) in [5.41, 5.74) is 2.20. The molecule has 0 aromatic heterocycles. The van der Waals surface area contributed by atoms with Crippen LogP contribution in [0.4, 0.5) is 0 Å². The number of phenols is 1. The molecule has 0 spiro atoms. The minimum atomic E-state index is -1.52. The number of ether oxygens (including phenoxy) is 5. The molecule has 2 aromatic rings. The van der Waals surface area contributed by atoms with Crippen LogP contribution in [0, 0.1) is 0 Å². The Kier molecular flexibility index (Phi) is 8.55. The first-order valence-corrected chi connectivity index (χ1v) is 11.8. The normalized spacial score (nSPS) is 29.2. The Morgan fingerprint density at radius 2 is 1.68 bits per heavy atom. The van der Waals surface area contributed by atoms with Gasteiger partial charge in [0, 0.05) is 5.56 Å². The molecule has 0 radical (unpaired) electrons.